The van der Waals surface area contributed by atoms with Crippen molar-refractivity contribution in [3.05, 3.63) is 48.0 Å². The molecule has 2 heterocycles. The zero-order valence-corrected chi connectivity index (χ0v) is 9.14. The highest BCUT2D eigenvalue weighted by Gasteiger charge is 1.97. The van der Waals surface area contributed by atoms with Crippen LogP contribution in [0.15, 0.2) is 41.1 Å². The Hall–Kier alpha value is -1.81. The second kappa shape index (κ2) is 5.32. The summed E-state index contributed by atoms with van der Waals surface area (Å²) < 4.78 is 10.2. The molecule has 2 aromatic rings. The van der Waals surface area contributed by atoms with Crippen LogP contribution in [0.5, 0.6) is 5.88 Å². The maximum atomic E-state index is 5.21. The predicted octanol–water partition coefficient (Wildman–Crippen LogP) is 1.97. The van der Waals surface area contributed by atoms with E-state index >= 15 is 0 Å². The van der Waals surface area contributed by atoms with Gasteiger partial charge in [-0.25, -0.2) is 4.98 Å². The van der Waals surface area contributed by atoms with Gasteiger partial charge in [0, 0.05) is 18.8 Å². The fourth-order valence-electron chi connectivity index (χ4n) is 1.38. The number of nitrogens with one attached hydrogen (secondary N) is 1. The first kappa shape index (κ1) is 10.7. The van der Waals surface area contributed by atoms with Gasteiger partial charge in [-0.3, -0.25) is 0 Å². The second-order valence-corrected chi connectivity index (χ2v) is 3.39. The molecule has 0 atom stereocenters. The Morgan fingerprint density at radius 1 is 1.31 bits per heavy atom. The summed E-state index contributed by atoms with van der Waals surface area (Å²) in [5, 5.41) is 3.27. The molecule has 0 spiro atoms. The molecule has 0 saturated heterocycles. The predicted molar refractivity (Wildman–Crippen MR) is 60.0 cm³/mol. The van der Waals surface area contributed by atoms with Crippen LogP contribution in [-0.4, -0.2) is 12.1 Å². The van der Waals surface area contributed by atoms with Crippen LogP contribution in [0.2, 0.25) is 0 Å². The summed E-state index contributed by atoms with van der Waals surface area (Å²) in [6.07, 6.45) is 3.47. The van der Waals surface area contributed by atoms with Gasteiger partial charge in [-0.15, -0.1) is 0 Å². The lowest BCUT2D eigenvalue weighted by Gasteiger charge is -2.03. The number of ether oxygens (including phenoxy) is 1. The van der Waals surface area contributed by atoms with Gasteiger partial charge >= 0.3 is 0 Å². The van der Waals surface area contributed by atoms with Gasteiger partial charge in [-0.2, -0.15) is 0 Å². The monoisotopic (exact) mass is 218 g/mol. The first-order chi connectivity index (χ1) is 7.88. The van der Waals surface area contributed by atoms with Crippen LogP contribution in [0.4, 0.5) is 0 Å². The van der Waals surface area contributed by atoms with Crippen molar-refractivity contribution < 1.29 is 9.15 Å². The maximum absolute atomic E-state index is 5.21. The first-order valence-electron chi connectivity index (χ1n) is 5.10. The van der Waals surface area contributed by atoms with Crippen molar-refractivity contribution >= 4 is 0 Å². The van der Waals surface area contributed by atoms with E-state index in [0.717, 1.165) is 24.4 Å². The van der Waals surface area contributed by atoms with E-state index in [1.165, 1.54) is 0 Å². The number of aromatic nitrogens is 1. The van der Waals surface area contributed by atoms with Crippen molar-refractivity contribution in [1.29, 1.82) is 0 Å². The molecule has 2 rings (SSSR count). The molecule has 1 N–H and O–H groups in total. The smallest absolute Gasteiger partial charge is 0.212 e. The van der Waals surface area contributed by atoms with Gasteiger partial charge in [0.15, 0.2) is 0 Å². The lowest BCUT2D eigenvalue weighted by Crippen LogP contribution is -2.12. The SMILES string of the molecule is COc1ccc(CNCc2ccco2)cn1. The zero-order chi connectivity index (χ0) is 11.2. The quantitative estimate of drug-likeness (QED) is 0.833. The summed E-state index contributed by atoms with van der Waals surface area (Å²) in [6.45, 7) is 1.48. The fraction of sp³-hybridized carbons (Fsp3) is 0.250. The number of hydrogen-bond donors (Lipinski definition) is 1. The standard InChI is InChI=1S/C12H14N2O2/c1-15-12-5-4-10(8-14-12)7-13-9-11-3-2-6-16-11/h2-6,8,13H,7,9H2,1H3. The minimum atomic E-state index is 0.634. The summed E-state index contributed by atoms with van der Waals surface area (Å²) in [7, 11) is 1.61. The van der Waals surface area contributed by atoms with Crippen LogP contribution in [0.3, 0.4) is 0 Å². The van der Waals surface area contributed by atoms with Gasteiger partial charge in [0.25, 0.3) is 0 Å². The highest BCUT2D eigenvalue weighted by atomic mass is 16.5. The average molecular weight is 218 g/mol. The van der Waals surface area contributed by atoms with Crippen LogP contribution in [0, 0.1) is 0 Å². The van der Waals surface area contributed by atoms with Crippen LogP contribution in [0.25, 0.3) is 0 Å². The Morgan fingerprint density at radius 3 is 2.88 bits per heavy atom. The summed E-state index contributed by atoms with van der Waals surface area (Å²) in [4.78, 5) is 4.13. The van der Waals surface area contributed by atoms with E-state index in [9.17, 15) is 0 Å². The highest BCUT2D eigenvalue weighted by Crippen LogP contribution is 2.06. The van der Waals surface area contributed by atoms with E-state index in [1.807, 2.05) is 24.3 Å². The molecule has 0 bridgehead atoms. The molecule has 84 valence electrons. The molecule has 0 aromatic carbocycles. The van der Waals surface area contributed by atoms with Crippen molar-refractivity contribution in [3.63, 3.8) is 0 Å². The van der Waals surface area contributed by atoms with Gasteiger partial charge in [0.2, 0.25) is 5.88 Å². The molecular formula is C12H14N2O2. The third-order valence-corrected chi connectivity index (χ3v) is 2.22. The van der Waals surface area contributed by atoms with Crippen LogP contribution >= 0.6 is 0 Å². The largest absolute Gasteiger partial charge is 0.481 e. The molecule has 0 aliphatic carbocycles. The molecule has 4 nitrogen and oxygen atoms in total. The van der Waals surface area contributed by atoms with Gasteiger partial charge in [0.05, 0.1) is 19.9 Å². The van der Waals surface area contributed by atoms with Crippen molar-refractivity contribution in [2.45, 2.75) is 13.1 Å². The molecule has 4 heteroatoms. The van der Waals surface area contributed by atoms with Gasteiger partial charge in [-0.05, 0) is 17.7 Å². The van der Waals surface area contributed by atoms with E-state index in [-0.39, 0.29) is 0 Å². The van der Waals surface area contributed by atoms with Crippen LogP contribution in [-0.2, 0) is 13.1 Å². The molecule has 2 aromatic heterocycles. The summed E-state index contributed by atoms with van der Waals surface area (Å²) in [5.74, 6) is 1.57. The average Bonchev–Trinajstić information content (AvgIpc) is 2.83. The van der Waals surface area contributed by atoms with E-state index < -0.39 is 0 Å². The lowest BCUT2D eigenvalue weighted by atomic mass is 10.3. The van der Waals surface area contributed by atoms with Crippen LogP contribution < -0.4 is 10.1 Å². The summed E-state index contributed by atoms with van der Waals surface area (Å²) in [6, 6.07) is 7.66. The van der Waals surface area contributed by atoms with E-state index in [2.05, 4.69) is 10.3 Å². The van der Waals surface area contributed by atoms with Crippen LogP contribution in [0.1, 0.15) is 11.3 Å². The molecule has 0 unspecified atom stereocenters. The fourth-order valence-corrected chi connectivity index (χ4v) is 1.38. The molecule has 0 saturated carbocycles. The molecule has 0 amide bonds. The van der Waals surface area contributed by atoms with E-state index in [1.54, 1.807) is 19.6 Å². The Morgan fingerprint density at radius 2 is 2.25 bits per heavy atom. The highest BCUT2D eigenvalue weighted by molar-refractivity contribution is 5.17. The first-order valence-corrected chi connectivity index (χ1v) is 5.10. The Labute approximate surface area is 94.3 Å². The van der Waals surface area contributed by atoms with Gasteiger partial charge < -0.3 is 14.5 Å². The van der Waals surface area contributed by atoms with Crippen molar-refractivity contribution in [2.75, 3.05) is 7.11 Å². The van der Waals surface area contributed by atoms with E-state index in [4.69, 9.17) is 9.15 Å². The minimum Gasteiger partial charge on any atom is -0.481 e. The second-order valence-electron chi connectivity index (χ2n) is 3.39. The molecule has 0 aliphatic heterocycles. The number of pyridine rings is 1. The maximum Gasteiger partial charge on any atom is 0.212 e. The summed E-state index contributed by atoms with van der Waals surface area (Å²) in [5.41, 5.74) is 1.12. The number of nitrogens with zero attached hydrogens (tertiary/aromatic N) is 1. The number of methoxy groups -OCH3 is 1. The molecule has 16 heavy (non-hydrogen) atoms. The molecular weight excluding hydrogens is 204 g/mol. The van der Waals surface area contributed by atoms with Crippen molar-refractivity contribution in [3.8, 4) is 5.88 Å². The third kappa shape index (κ3) is 2.84. The minimum absolute atomic E-state index is 0.634. The number of rotatable bonds is 5. The molecule has 0 radical (unpaired) electrons. The Balaban J connectivity index is 1.81. The summed E-state index contributed by atoms with van der Waals surface area (Å²) >= 11 is 0. The zero-order valence-electron chi connectivity index (χ0n) is 9.14. The molecule has 0 fully saturated rings. The third-order valence-electron chi connectivity index (χ3n) is 2.22. The van der Waals surface area contributed by atoms with Crippen molar-refractivity contribution in [2.24, 2.45) is 0 Å². The number of furan rings is 1. The van der Waals surface area contributed by atoms with Crippen molar-refractivity contribution in [1.82, 2.24) is 10.3 Å². The molecule has 0 aliphatic rings. The topological polar surface area (TPSA) is 47.3 Å². The van der Waals surface area contributed by atoms with Gasteiger partial charge in [0.1, 0.15) is 5.76 Å². The van der Waals surface area contributed by atoms with E-state index in [0.29, 0.717) is 5.88 Å². The lowest BCUT2D eigenvalue weighted by molar-refractivity contribution is 0.397. The van der Waals surface area contributed by atoms with Gasteiger partial charge in [-0.1, -0.05) is 6.07 Å². The number of hydrogen-bond acceptors (Lipinski definition) is 4. The Bertz CT molecular complexity index is 409. The normalized spacial score (nSPS) is 10.3. The Kier molecular flexibility index (Phi) is 3.56.